The molecule has 11 nitrogen and oxygen atoms in total. The summed E-state index contributed by atoms with van der Waals surface area (Å²) >= 11 is 0. The van der Waals surface area contributed by atoms with Crippen molar-refractivity contribution >= 4 is 34.0 Å². The number of ether oxygens (including phenoxy) is 4. The van der Waals surface area contributed by atoms with Crippen LogP contribution in [0, 0.1) is 23.7 Å². The van der Waals surface area contributed by atoms with E-state index in [1.807, 2.05) is 0 Å². The molecule has 6 atom stereocenters. The number of esters is 4. The fraction of sp³-hybridized carbons (Fsp3) is 0.360. The van der Waals surface area contributed by atoms with Crippen LogP contribution in [-0.2, 0) is 45.3 Å². The summed E-state index contributed by atoms with van der Waals surface area (Å²) in [6.07, 6.45) is -1.43. The number of carbonyl (C=O) groups excluding carboxylic acids is 4. The zero-order valence-corrected chi connectivity index (χ0v) is 20.5. The second-order valence-corrected chi connectivity index (χ2v) is 10.7. The number of rotatable bonds is 8. The number of halogens is 2. The van der Waals surface area contributed by atoms with Crippen LogP contribution < -0.4 is 4.74 Å². The van der Waals surface area contributed by atoms with Gasteiger partial charge in [0.15, 0.2) is 10.1 Å². The zero-order chi connectivity index (χ0) is 28.1. The third-order valence-corrected chi connectivity index (χ3v) is 7.97. The highest BCUT2D eigenvalue weighted by Crippen LogP contribution is 2.59. The Hall–Kier alpha value is -3.91. The third kappa shape index (κ3) is 4.63. The molecule has 2 bridgehead atoms. The number of fused-ring (bicyclic) bond motifs is 1. The predicted octanol–water partition coefficient (Wildman–Crippen LogP) is 1.81. The van der Waals surface area contributed by atoms with Gasteiger partial charge in [0.05, 0.1) is 17.4 Å². The third-order valence-electron chi connectivity index (χ3n) is 7.17. The molecule has 1 aliphatic heterocycles. The summed E-state index contributed by atoms with van der Waals surface area (Å²) in [6.45, 7) is -0.974. The van der Waals surface area contributed by atoms with Gasteiger partial charge in [0.25, 0.3) is 0 Å². The van der Waals surface area contributed by atoms with Crippen LogP contribution in [0.1, 0.15) is 22.3 Å². The van der Waals surface area contributed by atoms with Gasteiger partial charge in [0.1, 0.15) is 24.6 Å². The van der Waals surface area contributed by atoms with Gasteiger partial charge in [-0.3, -0.25) is 9.59 Å². The molecule has 2 aliphatic carbocycles. The normalized spacial score (nSPS) is 27.1. The zero-order valence-electron chi connectivity index (χ0n) is 19.7. The molecular weight excluding hydrogens is 546 g/mol. The first-order valence-corrected chi connectivity index (χ1v) is 13.1. The molecular formula is C25H19F2O11S-. The number of alkyl halides is 2. The van der Waals surface area contributed by atoms with Crippen molar-refractivity contribution in [2.24, 2.45) is 23.7 Å². The largest absolute Gasteiger partial charge is 0.743 e. The molecule has 1 saturated heterocycles. The van der Waals surface area contributed by atoms with Gasteiger partial charge in [-0.1, -0.05) is 36.4 Å². The van der Waals surface area contributed by atoms with Crippen LogP contribution in [0.25, 0.3) is 0 Å². The molecule has 6 unspecified atom stereocenters. The minimum atomic E-state index is -6.32. The van der Waals surface area contributed by atoms with E-state index in [0.717, 1.165) is 0 Å². The highest BCUT2D eigenvalue weighted by molar-refractivity contribution is 7.87. The molecule has 1 heterocycles. The predicted molar refractivity (Wildman–Crippen MR) is 121 cm³/mol. The molecule has 3 aliphatic rings. The summed E-state index contributed by atoms with van der Waals surface area (Å²) in [4.78, 5) is 50.2. The van der Waals surface area contributed by atoms with Crippen molar-refractivity contribution in [3.8, 4) is 5.75 Å². The lowest BCUT2D eigenvalue weighted by Gasteiger charge is -2.30. The van der Waals surface area contributed by atoms with Crippen molar-refractivity contribution in [3.05, 3.63) is 65.7 Å². The standard InChI is InChI=1S/C25H20F2O11S/c26-25(27,39(32,33)34)24(31)35-11-12-6-4-5-9-14(12)21(28)37-19-15-10-16-18(23(30)38-20(16)19)17(15)22(29)36-13-7-2-1-3-8-13/h1-9,15-20H,10-11H2,(H,32,33,34)/p-1. The molecule has 206 valence electrons. The molecule has 0 N–H and O–H groups in total. The maximum atomic E-state index is 13.5. The number of benzene rings is 2. The molecule has 14 heteroatoms. The van der Waals surface area contributed by atoms with E-state index in [2.05, 4.69) is 4.74 Å². The van der Waals surface area contributed by atoms with Crippen LogP contribution in [0.2, 0.25) is 0 Å². The minimum Gasteiger partial charge on any atom is -0.743 e. The molecule has 5 rings (SSSR count). The highest BCUT2D eigenvalue weighted by atomic mass is 32.2. The summed E-state index contributed by atoms with van der Waals surface area (Å²) in [5.74, 6) is -7.21. The molecule has 3 fully saturated rings. The van der Waals surface area contributed by atoms with Gasteiger partial charge in [-0.25, -0.2) is 18.0 Å². The van der Waals surface area contributed by atoms with Crippen molar-refractivity contribution < 1.29 is 59.9 Å². The Morgan fingerprint density at radius 1 is 1.03 bits per heavy atom. The van der Waals surface area contributed by atoms with Crippen LogP contribution in [0.15, 0.2) is 54.6 Å². The van der Waals surface area contributed by atoms with Crippen LogP contribution in [0.4, 0.5) is 8.78 Å². The lowest BCUT2D eigenvalue weighted by molar-refractivity contribution is -0.162. The van der Waals surface area contributed by atoms with Crippen LogP contribution in [0.3, 0.4) is 0 Å². The van der Waals surface area contributed by atoms with Crippen LogP contribution in [-0.4, -0.2) is 54.3 Å². The molecule has 0 amide bonds. The van der Waals surface area contributed by atoms with Crippen LogP contribution >= 0.6 is 0 Å². The molecule has 2 saturated carbocycles. The number of hydrogen-bond acceptors (Lipinski definition) is 11. The SMILES string of the molecule is O=C(OC1C2CC3C1OC(=O)C3C2C(=O)Oc1ccccc1)c1ccccc1COC(=O)C(F)(F)S(=O)(=O)[O-]. The molecule has 0 spiro atoms. The second kappa shape index (κ2) is 9.68. The van der Waals surface area contributed by atoms with Crippen molar-refractivity contribution in [2.45, 2.75) is 30.5 Å². The topological polar surface area (TPSA) is 162 Å². The molecule has 2 aromatic rings. The average Bonchev–Trinajstić information content (AvgIpc) is 3.51. The Kier molecular flexibility index (Phi) is 6.63. The molecule has 0 aromatic heterocycles. The molecule has 39 heavy (non-hydrogen) atoms. The quantitative estimate of drug-likeness (QED) is 0.199. The van der Waals surface area contributed by atoms with Crippen molar-refractivity contribution in [1.82, 2.24) is 0 Å². The van der Waals surface area contributed by atoms with E-state index in [4.69, 9.17) is 14.2 Å². The summed E-state index contributed by atoms with van der Waals surface area (Å²) < 4.78 is 79.7. The number of carbonyl (C=O) groups is 4. The Bertz CT molecular complexity index is 1440. The average molecular weight is 565 g/mol. The Morgan fingerprint density at radius 2 is 1.69 bits per heavy atom. The van der Waals surface area contributed by atoms with Crippen molar-refractivity contribution in [2.75, 3.05) is 0 Å². The van der Waals surface area contributed by atoms with E-state index < -0.39 is 75.8 Å². The Labute approximate surface area is 219 Å². The monoisotopic (exact) mass is 565 g/mol. The fourth-order valence-corrected chi connectivity index (χ4v) is 5.77. The maximum Gasteiger partial charge on any atom is 0.428 e. The Balaban J connectivity index is 1.32. The summed E-state index contributed by atoms with van der Waals surface area (Å²) in [5, 5.41) is -5.32. The summed E-state index contributed by atoms with van der Waals surface area (Å²) in [5.41, 5.74) is -0.343. The van der Waals surface area contributed by atoms with E-state index in [9.17, 15) is 40.9 Å². The van der Waals surface area contributed by atoms with Crippen molar-refractivity contribution in [3.63, 3.8) is 0 Å². The van der Waals surface area contributed by atoms with Gasteiger partial charge in [0.2, 0.25) is 0 Å². The Morgan fingerprint density at radius 3 is 2.38 bits per heavy atom. The lowest BCUT2D eigenvalue weighted by Crippen LogP contribution is -2.44. The van der Waals surface area contributed by atoms with Gasteiger partial charge in [0, 0.05) is 17.4 Å². The van der Waals surface area contributed by atoms with E-state index in [1.54, 1.807) is 30.3 Å². The van der Waals surface area contributed by atoms with Gasteiger partial charge in [-0.15, -0.1) is 0 Å². The first kappa shape index (κ1) is 26.7. The maximum absolute atomic E-state index is 13.5. The van der Waals surface area contributed by atoms with Gasteiger partial charge in [-0.2, -0.15) is 8.78 Å². The number of hydrogen-bond donors (Lipinski definition) is 0. The first-order valence-electron chi connectivity index (χ1n) is 11.7. The molecule has 2 aromatic carbocycles. The van der Waals surface area contributed by atoms with Crippen LogP contribution in [0.5, 0.6) is 5.75 Å². The van der Waals surface area contributed by atoms with E-state index in [-0.39, 0.29) is 22.8 Å². The fourth-order valence-electron chi connectivity index (χ4n) is 5.50. The minimum absolute atomic E-state index is 0.126. The summed E-state index contributed by atoms with van der Waals surface area (Å²) in [7, 11) is -6.32. The highest BCUT2D eigenvalue weighted by Gasteiger charge is 2.70. The second-order valence-electron chi connectivity index (χ2n) is 9.32. The van der Waals surface area contributed by atoms with Crippen molar-refractivity contribution in [1.29, 1.82) is 0 Å². The van der Waals surface area contributed by atoms with Gasteiger partial charge < -0.3 is 23.5 Å². The van der Waals surface area contributed by atoms with E-state index >= 15 is 0 Å². The van der Waals surface area contributed by atoms with E-state index in [1.165, 1.54) is 24.3 Å². The lowest BCUT2D eigenvalue weighted by atomic mass is 9.78. The number of para-hydroxylation sites is 1. The first-order chi connectivity index (χ1) is 18.4. The smallest absolute Gasteiger partial charge is 0.428 e. The molecule has 0 radical (unpaired) electrons. The van der Waals surface area contributed by atoms with Gasteiger partial charge in [-0.05, 0) is 24.6 Å². The van der Waals surface area contributed by atoms with E-state index in [0.29, 0.717) is 6.42 Å². The van der Waals surface area contributed by atoms with Gasteiger partial charge >= 0.3 is 29.1 Å². The summed E-state index contributed by atoms with van der Waals surface area (Å²) in [6, 6.07) is 13.5.